The summed E-state index contributed by atoms with van der Waals surface area (Å²) in [6.45, 7) is 3.75. The molecular weight excluding hydrogens is 368 g/mol. The van der Waals surface area contributed by atoms with Crippen LogP contribution in [0, 0.1) is 17.0 Å². The molecule has 1 atom stereocenters. The van der Waals surface area contributed by atoms with Gasteiger partial charge < -0.3 is 19.5 Å². The topological polar surface area (TPSA) is 117 Å². The van der Waals surface area contributed by atoms with Crippen LogP contribution in [0.2, 0.25) is 0 Å². The van der Waals surface area contributed by atoms with Gasteiger partial charge in [-0.15, -0.1) is 0 Å². The van der Waals surface area contributed by atoms with Crippen LogP contribution in [0.4, 0.5) is 11.4 Å². The van der Waals surface area contributed by atoms with Gasteiger partial charge in [-0.05, 0) is 32.0 Å². The lowest BCUT2D eigenvalue weighted by molar-refractivity contribution is -0.385. The molecule has 146 valence electrons. The van der Waals surface area contributed by atoms with Gasteiger partial charge in [0.05, 0.1) is 10.5 Å². The summed E-state index contributed by atoms with van der Waals surface area (Å²) >= 11 is 0. The van der Waals surface area contributed by atoms with E-state index in [9.17, 15) is 19.7 Å². The summed E-state index contributed by atoms with van der Waals surface area (Å²) in [4.78, 5) is 35.1. The number of hydrogen-bond acceptors (Lipinski definition) is 7. The van der Waals surface area contributed by atoms with Crippen molar-refractivity contribution in [1.82, 2.24) is 0 Å². The maximum absolute atomic E-state index is 12.3. The van der Waals surface area contributed by atoms with Crippen molar-refractivity contribution in [2.24, 2.45) is 0 Å². The smallest absolute Gasteiger partial charge is 0.339 e. The standard InChI is InChI=1S/C19H18N2O7/c1-11-14(4-3-5-15(11)21(24)25)19(23)28-12(2)18(22)20-13-6-7-16-17(10-13)27-9-8-26-16/h3-7,10,12H,8-9H2,1-2H3,(H,20,22)/t12-/m1/s1. The van der Waals surface area contributed by atoms with Crippen LogP contribution in [-0.4, -0.2) is 36.1 Å². The predicted molar refractivity (Wildman–Crippen MR) is 98.8 cm³/mol. The molecular formula is C19H18N2O7. The molecule has 1 N–H and O–H groups in total. The fourth-order valence-electron chi connectivity index (χ4n) is 2.68. The Balaban J connectivity index is 1.67. The Morgan fingerprint density at radius 1 is 1.18 bits per heavy atom. The molecule has 1 amide bonds. The van der Waals surface area contributed by atoms with Crippen molar-refractivity contribution in [2.75, 3.05) is 18.5 Å². The number of nitro groups is 1. The van der Waals surface area contributed by atoms with Crippen LogP contribution in [-0.2, 0) is 9.53 Å². The highest BCUT2D eigenvalue weighted by Crippen LogP contribution is 2.32. The van der Waals surface area contributed by atoms with Gasteiger partial charge in [-0.1, -0.05) is 6.07 Å². The van der Waals surface area contributed by atoms with E-state index < -0.39 is 22.9 Å². The predicted octanol–water partition coefficient (Wildman–Crippen LogP) is 2.86. The highest BCUT2D eigenvalue weighted by molar-refractivity contribution is 5.98. The van der Waals surface area contributed by atoms with Gasteiger partial charge in [0.1, 0.15) is 13.2 Å². The van der Waals surface area contributed by atoms with Crippen molar-refractivity contribution < 1.29 is 28.7 Å². The first kappa shape index (κ1) is 19.2. The maximum atomic E-state index is 12.3. The number of fused-ring (bicyclic) bond motifs is 1. The second kappa shape index (κ2) is 7.95. The Hall–Kier alpha value is -3.62. The van der Waals surface area contributed by atoms with Gasteiger partial charge in [-0.2, -0.15) is 0 Å². The van der Waals surface area contributed by atoms with Crippen molar-refractivity contribution in [1.29, 1.82) is 0 Å². The van der Waals surface area contributed by atoms with Gasteiger partial charge in [0.2, 0.25) is 0 Å². The molecule has 2 aromatic rings. The second-order valence-corrected chi connectivity index (χ2v) is 6.10. The lowest BCUT2D eigenvalue weighted by Crippen LogP contribution is -2.30. The molecule has 9 heteroatoms. The first-order chi connectivity index (χ1) is 13.4. The van der Waals surface area contributed by atoms with Crippen molar-refractivity contribution in [3.8, 4) is 11.5 Å². The molecule has 1 aliphatic rings. The summed E-state index contributed by atoms with van der Waals surface area (Å²) in [5, 5.41) is 13.6. The van der Waals surface area contributed by atoms with E-state index >= 15 is 0 Å². The molecule has 9 nitrogen and oxygen atoms in total. The molecule has 1 heterocycles. The highest BCUT2D eigenvalue weighted by atomic mass is 16.6. The number of carbonyl (C=O) groups excluding carboxylic acids is 2. The van der Waals surface area contributed by atoms with Gasteiger partial charge in [0, 0.05) is 23.4 Å². The van der Waals surface area contributed by atoms with Crippen molar-refractivity contribution in [3.05, 3.63) is 57.6 Å². The lowest BCUT2D eigenvalue weighted by atomic mass is 10.1. The third kappa shape index (κ3) is 4.03. The fourth-order valence-corrected chi connectivity index (χ4v) is 2.68. The second-order valence-electron chi connectivity index (χ2n) is 6.10. The highest BCUT2D eigenvalue weighted by Gasteiger charge is 2.24. The lowest BCUT2D eigenvalue weighted by Gasteiger charge is -2.19. The Labute approximate surface area is 160 Å². The van der Waals surface area contributed by atoms with Crippen molar-refractivity contribution in [3.63, 3.8) is 0 Å². The number of ether oxygens (including phenoxy) is 3. The molecule has 0 saturated carbocycles. The van der Waals surface area contributed by atoms with Crippen LogP contribution in [0.3, 0.4) is 0 Å². The number of carbonyl (C=O) groups is 2. The fraction of sp³-hybridized carbons (Fsp3) is 0.263. The minimum absolute atomic E-state index is 0.0354. The number of hydrogen-bond donors (Lipinski definition) is 1. The first-order valence-corrected chi connectivity index (χ1v) is 8.52. The minimum atomic E-state index is -1.11. The molecule has 28 heavy (non-hydrogen) atoms. The van der Waals surface area contributed by atoms with E-state index in [1.807, 2.05) is 0 Å². The number of benzene rings is 2. The summed E-state index contributed by atoms with van der Waals surface area (Å²) in [5.74, 6) is -0.259. The van der Waals surface area contributed by atoms with E-state index in [2.05, 4.69) is 5.32 Å². The third-order valence-electron chi connectivity index (χ3n) is 4.18. The summed E-state index contributed by atoms with van der Waals surface area (Å²) in [6.07, 6.45) is -1.11. The van der Waals surface area contributed by atoms with Crippen LogP contribution < -0.4 is 14.8 Å². The molecule has 1 aliphatic heterocycles. The SMILES string of the molecule is Cc1c(C(=O)O[C@H](C)C(=O)Nc2ccc3c(c2)OCCO3)cccc1[N+](=O)[O-]. The van der Waals surface area contributed by atoms with E-state index in [0.29, 0.717) is 30.4 Å². The largest absolute Gasteiger partial charge is 0.486 e. The van der Waals surface area contributed by atoms with E-state index in [-0.39, 0.29) is 16.8 Å². The monoisotopic (exact) mass is 386 g/mol. The molecule has 0 saturated heterocycles. The number of anilines is 1. The van der Waals surface area contributed by atoms with Gasteiger partial charge in [0.25, 0.3) is 11.6 Å². The zero-order valence-corrected chi connectivity index (χ0v) is 15.3. The summed E-state index contributed by atoms with van der Waals surface area (Å²) < 4.78 is 16.0. The third-order valence-corrected chi connectivity index (χ3v) is 4.18. The average Bonchev–Trinajstić information content (AvgIpc) is 2.67. The van der Waals surface area contributed by atoms with E-state index in [0.717, 1.165) is 0 Å². The maximum Gasteiger partial charge on any atom is 0.339 e. The molecule has 0 spiro atoms. The molecule has 2 aromatic carbocycles. The Kier molecular flexibility index (Phi) is 5.44. The number of esters is 1. The molecule has 0 bridgehead atoms. The van der Waals surface area contributed by atoms with Gasteiger partial charge >= 0.3 is 5.97 Å². The number of nitro benzene ring substituents is 1. The molecule has 0 unspecified atom stereocenters. The molecule has 0 aliphatic carbocycles. The Morgan fingerprint density at radius 3 is 2.61 bits per heavy atom. The zero-order chi connectivity index (χ0) is 20.3. The van der Waals surface area contributed by atoms with Gasteiger partial charge in [-0.3, -0.25) is 14.9 Å². The van der Waals surface area contributed by atoms with Crippen molar-refractivity contribution >= 4 is 23.3 Å². The van der Waals surface area contributed by atoms with Gasteiger partial charge in [0.15, 0.2) is 17.6 Å². The van der Waals surface area contributed by atoms with Gasteiger partial charge in [-0.25, -0.2) is 4.79 Å². The molecule has 0 fully saturated rings. The van der Waals surface area contributed by atoms with E-state index in [4.69, 9.17) is 14.2 Å². The van der Waals surface area contributed by atoms with E-state index in [1.54, 1.807) is 18.2 Å². The number of amides is 1. The molecule has 0 aromatic heterocycles. The molecule has 0 radical (unpaired) electrons. The number of nitrogens with zero attached hydrogens (tertiary/aromatic N) is 1. The van der Waals surface area contributed by atoms with Crippen LogP contribution in [0.5, 0.6) is 11.5 Å². The zero-order valence-electron chi connectivity index (χ0n) is 15.3. The molecule has 3 rings (SSSR count). The Bertz CT molecular complexity index is 942. The summed E-state index contributed by atoms with van der Waals surface area (Å²) in [7, 11) is 0. The van der Waals surface area contributed by atoms with Crippen LogP contribution >= 0.6 is 0 Å². The first-order valence-electron chi connectivity index (χ1n) is 8.52. The number of nitrogens with one attached hydrogen (secondary N) is 1. The normalized spacial score (nSPS) is 13.4. The van der Waals surface area contributed by atoms with E-state index in [1.165, 1.54) is 32.0 Å². The average molecular weight is 386 g/mol. The van der Waals surface area contributed by atoms with Crippen molar-refractivity contribution in [2.45, 2.75) is 20.0 Å². The summed E-state index contributed by atoms with van der Waals surface area (Å²) in [5.41, 5.74) is 0.483. The van der Waals surface area contributed by atoms with Crippen LogP contribution in [0.15, 0.2) is 36.4 Å². The van der Waals surface area contributed by atoms with Crippen LogP contribution in [0.1, 0.15) is 22.8 Å². The minimum Gasteiger partial charge on any atom is -0.486 e. The number of rotatable bonds is 5. The quantitative estimate of drug-likeness (QED) is 0.477. The van der Waals surface area contributed by atoms with Crippen LogP contribution in [0.25, 0.3) is 0 Å². The summed E-state index contributed by atoms with van der Waals surface area (Å²) in [6, 6.07) is 9.03. The Morgan fingerprint density at radius 2 is 1.89 bits per heavy atom.